The molecule has 0 aliphatic carbocycles. The van der Waals surface area contributed by atoms with Crippen LogP contribution in [0.15, 0.2) is 42.5 Å². The number of hydrogen-bond donors (Lipinski definition) is 0. The Kier molecular flexibility index (Phi) is 6.16. The van der Waals surface area contributed by atoms with Crippen LogP contribution in [0, 0.1) is 0 Å². The molecule has 2 aromatic rings. The SMILES string of the molecule is O=C(/C=C/c1cc(Cl)c2c(c1)OCCCO2)N1CCN(c2ccccc2Cl)CC1. The number of nitrogens with zero attached hydrogens (tertiary/aromatic N) is 2. The molecule has 0 spiro atoms. The molecule has 29 heavy (non-hydrogen) atoms. The van der Waals surface area contributed by atoms with E-state index in [0.717, 1.165) is 35.8 Å². The predicted molar refractivity (Wildman–Crippen MR) is 116 cm³/mol. The van der Waals surface area contributed by atoms with Gasteiger partial charge in [0.25, 0.3) is 0 Å². The zero-order valence-corrected chi connectivity index (χ0v) is 17.5. The number of ether oxygens (including phenoxy) is 2. The van der Waals surface area contributed by atoms with Crippen LogP contribution in [0.5, 0.6) is 11.5 Å². The second-order valence-electron chi connectivity index (χ2n) is 6.98. The van der Waals surface area contributed by atoms with Gasteiger partial charge in [-0.1, -0.05) is 35.3 Å². The minimum Gasteiger partial charge on any atom is -0.489 e. The van der Waals surface area contributed by atoms with Gasteiger partial charge in [-0.25, -0.2) is 0 Å². The summed E-state index contributed by atoms with van der Waals surface area (Å²) >= 11 is 12.6. The summed E-state index contributed by atoms with van der Waals surface area (Å²) in [6.45, 7) is 3.97. The van der Waals surface area contributed by atoms with Crippen LogP contribution in [0.1, 0.15) is 12.0 Å². The average Bonchev–Trinajstić information content (AvgIpc) is 2.98. The maximum Gasteiger partial charge on any atom is 0.246 e. The van der Waals surface area contributed by atoms with Crippen molar-refractivity contribution in [3.05, 3.63) is 58.1 Å². The number of fused-ring (bicyclic) bond motifs is 1. The third kappa shape index (κ3) is 4.62. The molecule has 1 amide bonds. The van der Waals surface area contributed by atoms with Crippen LogP contribution in [-0.2, 0) is 4.79 Å². The number of carbonyl (C=O) groups is 1. The summed E-state index contributed by atoms with van der Waals surface area (Å²) in [5.41, 5.74) is 1.82. The third-order valence-corrected chi connectivity index (χ3v) is 5.63. The van der Waals surface area contributed by atoms with Gasteiger partial charge in [0.2, 0.25) is 5.91 Å². The van der Waals surface area contributed by atoms with E-state index in [1.807, 2.05) is 35.2 Å². The molecule has 0 bridgehead atoms. The van der Waals surface area contributed by atoms with Crippen LogP contribution in [0.4, 0.5) is 5.69 Å². The molecule has 0 saturated carbocycles. The molecule has 0 N–H and O–H groups in total. The van der Waals surface area contributed by atoms with Crippen molar-refractivity contribution in [3.8, 4) is 11.5 Å². The lowest BCUT2D eigenvalue weighted by molar-refractivity contribution is -0.126. The van der Waals surface area contributed by atoms with Crippen molar-refractivity contribution in [1.29, 1.82) is 0 Å². The largest absolute Gasteiger partial charge is 0.489 e. The van der Waals surface area contributed by atoms with E-state index in [0.29, 0.717) is 42.8 Å². The molecule has 2 aliphatic heterocycles. The van der Waals surface area contributed by atoms with Crippen molar-refractivity contribution < 1.29 is 14.3 Å². The van der Waals surface area contributed by atoms with Gasteiger partial charge in [0.1, 0.15) is 0 Å². The van der Waals surface area contributed by atoms with Gasteiger partial charge in [0.05, 0.1) is 28.9 Å². The molecule has 2 aromatic carbocycles. The summed E-state index contributed by atoms with van der Waals surface area (Å²) < 4.78 is 11.3. The number of amides is 1. The Bertz CT molecular complexity index is 924. The van der Waals surface area contributed by atoms with Gasteiger partial charge in [-0.3, -0.25) is 4.79 Å². The molecule has 7 heteroatoms. The van der Waals surface area contributed by atoms with Gasteiger partial charge < -0.3 is 19.3 Å². The Morgan fingerprint density at radius 1 is 0.966 bits per heavy atom. The fourth-order valence-electron chi connectivity index (χ4n) is 3.50. The Hall–Kier alpha value is -2.37. The van der Waals surface area contributed by atoms with E-state index in [1.54, 1.807) is 18.2 Å². The Balaban J connectivity index is 1.39. The van der Waals surface area contributed by atoms with Gasteiger partial charge in [0.15, 0.2) is 11.5 Å². The lowest BCUT2D eigenvalue weighted by Crippen LogP contribution is -2.48. The minimum atomic E-state index is -0.0213. The number of anilines is 1. The number of piperazine rings is 1. The molecule has 1 saturated heterocycles. The molecule has 4 rings (SSSR count). The van der Waals surface area contributed by atoms with Crippen molar-refractivity contribution in [2.45, 2.75) is 6.42 Å². The number of benzene rings is 2. The monoisotopic (exact) mass is 432 g/mol. The smallest absolute Gasteiger partial charge is 0.246 e. The Morgan fingerprint density at radius 3 is 2.52 bits per heavy atom. The lowest BCUT2D eigenvalue weighted by Gasteiger charge is -2.36. The molecule has 2 aliphatic rings. The fourth-order valence-corrected chi connectivity index (χ4v) is 4.02. The van der Waals surface area contributed by atoms with Crippen LogP contribution in [-0.4, -0.2) is 50.2 Å². The van der Waals surface area contributed by atoms with E-state index in [4.69, 9.17) is 32.7 Å². The van der Waals surface area contributed by atoms with Crippen molar-refractivity contribution in [1.82, 2.24) is 4.90 Å². The summed E-state index contributed by atoms with van der Waals surface area (Å²) in [4.78, 5) is 16.7. The summed E-state index contributed by atoms with van der Waals surface area (Å²) in [6.07, 6.45) is 4.17. The third-order valence-electron chi connectivity index (χ3n) is 5.03. The first-order chi connectivity index (χ1) is 14.1. The van der Waals surface area contributed by atoms with Gasteiger partial charge in [-0.2, -0.15) is 0 Å². The molecular formula is C22H22Cl2N2O3. The second-order valence-corrected chi connectivity index (χ2v) is 7.79. The highest BCUT2D eigenvalue weighted by Crippen LogP contribution is 2.38. The maximum absolute atomic E-state index is 12.6. The van der Waals surface area contributed by atoms with Crippen LogP contribution >= 0.6 is 23.2 Å². The van der Waals surface area contributed by atoms with E-state index in [9.17, 15) is 4.79 Å². The van der Waals surface area contributed by atoms with Crippen LogP contribution in [0.2, 0.25) is 10.0 Å². The fraction of sp³-hybridized carbons (Fsp3) is 0.318. The van der Waals surface area contributed by atoms with Crippen molar-refractivity contribution >= 4 is 40.9 Å². The van der Waals surface area contributed by atoms with Crippen LogP contribution < -0.4 is 14.4 Å². The molecule has 0 unspecified atom stereocenters. The number of hydrogen-bond acceptors (Lipinski definition) is 4. The zero-order chi connectivity index (χ0) is 20.2. The first-order valence-electron chi connectivity index (χ1n) is 9.67. The van der Waals surface area contributed by atoms with Gasteiger partial charge in [-0.05, 0) is 35.9 Å². The first kappa shape index (κ1) is 19.9. The summed E-state index contributed by atoms with van der Waals surface area (Å²) in [5, 5.41) is 1.23. The molecule has 2 heterocycles. The zero-order valence-electron chi connectivity index (χ0n) is 15.9. The highest BCUT2D eigenvalue weighted by Gasteiger charge is 2.21. The van der Waals surface area contributed by atoms with E-state index in [1.165, 1.54) is 0 Å². The molecule has 0 atom stereocenters. The van der Waals surface area contributed by atoms with Crippen LogP contribution in [0.25, 0.3) is 6.08 Å². The van der Waals surface area contributed by atoms with E-state index < -0.39 is 0 Å². The van der Waals surface area contributed by atoms with Gasteiger partial charge in [0, 0.05) is 38.7 Å². The summed E-state index contributed by atoms with van der Waals surface area (Å²) in [5.74, 6) is 1.17. The Morgan fingerprint density at radius 2 is 1.72 bits per heavy atom. The van der Waals surface area contributed by atoms with Crippen molar-refractivity contribution in [3.63, 3.8) is 0 Å². The molecule has 152 valence electrons. The first-order valence-corrected chi connectivity index (χ1v) is 10.4. The maximum atomic E-state index is 12.6. The van der Waals surface area contributed by atoms with Gasteiger partial charge in [-0.15, -0.1) is 0 Å². The molecule has 0 radical (unpaired) electrons. The molecular weight excluding hydrogens is 411 g/mol. The number of rotatable bonds is 3. The van der Waals surface area contributed by atoms with E-state index in [2.05, 4.69) is 4.90 Å². The molecule has 1 fully saturated rings. The Labute approximate surface area is 180 Å². The van der Waals surface area contributed by atoms with Crippen molar-refractivity contribution in [2.24, 2.45) is 0 Å². The highest BCUT2D eigenvalue weighted by molar-refractivity contribution is 6.33. The summed E-state index contributed by atoms with van der Waals surface area (Å²) in [6, 6.07) is 11.4. The minimum absolute atomic E-state index is 0.0213. The lowest BCUT2D eigenvalue weighted by atomic mass is 10.1. The number of carbonyl (C=O) groups excluding carboxylic acids is 1. The van der Waals surface area contributed by atoms with Gasteiger partial charge >= 0.3 is 0 Å². The summed E-state index contributed by atoms with van der Waals surface area (Å²) in [7, 11) is 0. The molecule has 5 nitrogen and oxygen atoms in total. The predicted octanol–water partition coefficient (Wildman–Crippen LogP) is 4.52. The molecule has 0 aromatic heterocycles. The second kappa shape index (κ2) is 8.97. The topological polar surface area (TPSA) is 42.0 Å². The number of para-hydroxylation sites is 1. The van der Waals surface area contributed by atoms with Crippen molar-refractivity contribution in [2.75, 3.05) is 44.3 Å². The average molecular weight is 433 g/mol. The standard InChI is InChI=1S/C22H22Cl2N2O3/c23-17-4-1-2-5-19(17)25-8-10-26(11-9-25)21(27)7-6-16-14-18(24)22-20(15-16)28-12-3-13-29-22/h1-2,4-7,14-15H,3,8-13H2/b7-6+. The quantitative estimate of drug-likeness (QED) is 0.668. The number of halogens is 2. The normalized spacial score (nSPS) is 16.8. The van der Waals surface area contributed by atoms with E-state index in [-0.39, 0.29) is 5.91 Å². The highest BCUT2D eigenvalue weighted by atomic mass is 35.5. The van der Waals surface area contributed by atoms with E-state index >= 15 is 0 Å². The van der Waals surface area contributed by atoms with Crippen LogP contribution in [0.3, 0.4) is 0 Å².